The third-order valence-corrected chi connectivity index (χ3v) is 3.37. The summed E-state index contributed by atoms with van der Waals surface area (Å²) >= 11 is 6.04. The zero-order valence-electron chi connectivity index (χ0n) is 11.1. The molecule has 0 spiro atoms. The molecule has 0 N–H and O–H groups in total. The minimum absolute atomic E-state index is 0.151. The van der Waals surface area contributed by atoms with E-state index in [1.807, 2.05) is 6.92 Å². The molecule has 2 aromatic rings. The fourth-order valence-corrected chi connectivity index (χ4v) is 2.20. The highest BCUT2D eigenvalue weighted by molar-refractivity contribution is 6.33. The van der Waals surface area contributed by atoms with Crippen LogP contribution in [0.25, 0.3) is 0 Å². The predicted molar refractivity (Wildman–Crippen MR) is 78.3 cm³/mol. The summed E-state index contributed by atoms with van der Waals surface area (Å²) in [5, 5.41) is 0.426. The molecule has 0 aliphatic carbocycles. The molecule has 2 rings (SSSR count). The standard InChI is InChI=1S/C16H15ClFNO/c1-2-19(11-12-6-5-7-13(18)10-12)16(20)14-8-3-4-9-15(14)17/h3-10H,2,11H2,1H3. The number of benzene rings is 2. The topological polar surface area (TPSA) is 20.3 Å². The van der Waals surface area contributed by atoms with Crippen LogP contribution in [-0.2, 0) is 6.54 Å². The van der Waals surface area contributed by atoms with Gasteiger partial charge in [-0.25, -0.2) is 4.39 Å². The van der Waals surface area contributed by atoms with Gasteiger partial charge in [0.05, 0.1) is 10.6 Å². The monoisotopic (exact) mass is 291 g/mol. The molecule has 2 nitrogen and oxygen atoms in total. The molecule has 20 heavy (non-hydrogen) atoms. The van der Waals surface area contributed by atoms with Crippen molar-refractivity contribution >= 4 is 17.5 Å². The van der Waals surface area contributed by atoms with E-state index in [-0.39, 0.29) is 11.7 Å². The van der Waals surface area contributed by atoms with E-state index < -0.39 is 0 Å². The lowest BCUT2D eigenvalue weighted by Crippen LogP contribution is -2.30. The van der Waals surface area contributed by atoms with Gasteiger partial charge in [0.25, 0.3) is 5.91 Å². The van der Waals surface area contributed by atoms with Crippen molar-refractivity contribution in [1.82, 2.24) is 4.90 Å². The molecule has 0 aromatic heterocycles. The SMILES string of the molecule is CCN(Cc1cccc(F)c1)C(=O)c1ccccc1Cl. The van der Waals surface area contributed by atoms with E-state index in [2.05, 4.69) is 0 Å². The van der Waals surface area contributed by atoms with Crippen LogP contribution in [0.15, 0.2) is 48.5 Å². The molecule has 0 aliphatic rings. The summed E-state index contributed by atoms with van der Waals surface area (Å²) in [6.45, 7) is 2.77. The first-order valence-corrected chi connectivity index (χ1v) is 6.78. The van der Waals surface area contributed by atoms with Gasteiger partial charge in [-0.3, -0.25) is 4.79 Å². The van der Waals surface area contributed by atoms with Crippen LogP contribution in [0.1, 0.15) is 22.8 Å². The molecule has 0 unspecified atom stereocenters. The molecule has 0 aliphatic heterocycles. The van der Waals surface area contributed by atoms with Crippen molar-refractivity contribution < 1.29 is 9.18 Å². The number of nitrogens with zero attached hydrogens (tertiary/aromatic N) is 1. The van der Waals surface area contributed by atoms with Gasteiger partial charge in [0.15, 0.2) is 0 Å². The fourth-order valence-electron chi connectivity index (χ4n) is 1.99. The summed E-state index contributed by atoms with van der Waals surface area (Å²) in [6.07, 6.45) is 0. The minimum Gasteiger partial charge on any atom is -0.335 e. The van der Waals surface area contributed by atoms with Gasteiger partial charge in [0.1, 0.15) is 5.82 Å². The van der Waals surface area contributed by atoms with Gasteiger partial charge in [0, 0.05) is 13.1 Å². The lowest BCUT2D eigenvalue weighted by atomic mass is 10.1. The predicted octanol–water partition coefficient (Wildman–Crippen LogP) is 4.14. The first kappa shape index (κ1) is 14.5. The van der Waals surface area contributed by atoms with E-state index >= 15 is 0 Å². The Labute approximate surface area is 122 Å². The Bertz CT molecular complexity index is 615. The molecule has 1 amide bonds. The molecule has 0 heterocycles. The van der Waals surface area contributed by atoms with Crippen molar-refractivity contribution in [3.05, 3.63) is 70.5 Å². The zero-order chi connectivity index (χ0) is 14.5. The van der Waals surface area contributed by atoms with Crippen molar-refractivity contribution in [1.29, 1.82) is 0 Å². The normalized spacial score (nSPS) is 10.3. The molecule has 4 heteroatoms. The summed E-state index contributed by atoms with van der Waals surface area (Å²) in [5.41, 5.74) is 1.22. The highest BCUT2D eigenvalue weighted by Crippen LogP contribution is 2.18. The van der Waals surface area contributed by atoms with Crippen LogP contribution in [0.3, 0.4) is 0 Å². The first-order chi connectivity index (χ1) is 9.61. The summed E-state index contributed by atoms with van der Waals surface area (Å²) in [5.74, 6) is -0.453. The van der Waals surface area contributed by atoms with Gasteiger partial charge in [-0.15, -0.1) is 0 Å². The number of hydrogen-bond donors (Lipinski definition) is 0. The Balaban J connectivity index is 2.20. The van der Waals surface area contributed by atoms with Crippen LogP contribution in [0.2, 0.25) is 5.02 Å². The fraction of sp³-hybridized carbons (Fsp3) is 0.188. The van der Waals surface area contributed by atoms with Gasteiger partial charge in [-0.1, -0.05) is 35.9 Å². The van der Waals surface area contributed by atoms with Gasteiger partial charge in [0.2, 0.25) is 0 Å². The number of rotatable bonds is 4. The van der Waals surface area contributed by atoms with E-state index in [9.17, 15) is 9.18 Å². The molecule has 0 saturated carbocycles. The average Bonchev–Trinajstić information content (AvgIpc) is 2.44. The van der Waals surface area contributed by atoms with Crippen LogP contribution in [-0.4, -0.2) is 17.4 Å². The molecule has 104 valence electrons. The maximum atomic E-state index is 13.2. The Morgan fingerprint density at radius 2 is 1.95 bits per heavy atom. The lowest BCUT2D eigenvalue weighted by Gasteiger charge is -2.21. The van der Waals surface area contributed by atoms with E-state index in [4.69, 9.17) is 11.6 Å². The molecular formula is C16H15ClFNO. The molecule has 0 atom stereocenters. The summed E-state index contributed by atoms with van der Waals surface area (Å²) in [7, 11) is 0. The summed E-state index contributed by atoms with van der Waals surface area (Å²) < 4.78 is 13.2. The average molecular weight is 292 g/mol. The summed E-state index contributed by atoms with van der Waals surface area (Å²) in [4.78, 5) is 14.1. The molecule has 0 radical (unpaired) electrons. The first-order valence-electron chi connectivity index (χ1n) is 6.40. The van der Waals surface area contributed by atoms with Crippen molar-refractivity contribution in [2.24, 2.45) is 0 Å². The van der Waals surface area contributed by atoms with Crippen molar-refractivity contribution in [3.8, 4) is 0 Å². The zero-order valence-corrected chi connectivity index (χ0v) is 11.9. The highest BCUT2D eigenvalue weighted by Gasteiger charge is 2.17. The van der Waals surface area contributed by atoms with Crippen LogP contribution in [0.4, 0.5) is 4.39 Å². The number of halogens is 2. The van der Waals surface area contributed by atoms with E-state index in [0.29, 0.717) is 23.7 Å². The van der Waals surface area contributed by atoms with E-state index in [1.165, 1.54) is 12.1 Å². The smallest absolute Gasteiger partial charge is 0.255 e. The highest BCUT2D eigenvalue weighted by atomic mass is 35.5. The minimum atomic E-state index is -0.302. The van der Waals surface area contributed by atoms with Crippen LogP contribution in [0, 0.1) is 5.82 Å². The molecule has 0 saturated heterocycles. The Morgan fingerprint density at radius 1 is 1.20 bits per heavy atom. The number of carbonyl (C=O) groups excluding carboxylic acids is 1. The Hall–Kier alpha value is -1.87. The van der Waals surface area contributed by atoms with Crippen molar-refractivity contribution in [2.75, 3.05) is 6.54 Å². The van der Waals surface area contributed by atoms with Gasteiger partial charge in [-0.2, -0.15) is 0 Å². The molecule has 0 fully saturated rings. The van der Waals surface area contributed by atoms with E-state index in [1.54, 1.807) is 41.3 Å². The molecule has 2 aromatic carbocycles. The largest absolute Gasteiger partial charge is 0.335 e. The van der Waals surface area contributed by atoms with Crippen molar-refractivity contribution in [2.45, 2.75) is 13.5 Å². The maximum Gasteiger partial charge on any atom is 0.255 e. The van der Waals surface area contributed by atoms with Crippen LogP contribution < -0.4 is 0 Å². The molecular weight excluding hydrogens is 277 g/mol. The Kier molecular flexibility index (Phi) is 4.74. The second-order valence-corrected chi connectivity index (χ2v) is 4.84. The number of hydrogen-bond acceptors (Lipinski definition) is 1. The third kappa shape index (κ3) is 3.36. The van der Waals surface area contributed by atoms with Gasteiger partial charge in [-0.05, 0) is 36.8 Å². The second kappa shape index (κ2) is 6.53. The third-order valence-electron chi connectivity index (χ3n) is 3.04. The van der Waals surface area contributed by atoms with Gasteiger partial charge >= 0.3 is 0 Å². The summed E-state index contributed by atoms with van der Waals surface area (Å²) in [6, 6.07) is 13.2. The van der Waals surface area contributed by atoms with Crippen LogP contribution in [0.5, 0.6) is 0 Å². The molecule has 0 bridgehead atoms. The van der Waals surface area contributed by atoms with E-state index in [0.717, 1.165) is 5.56 Å². The van der Waals surface area contributed by atoms with Gasteiger partial charge < -0.3 is 4.90 Å². The number of amides is 1. The van der Waals surface area contributed by atoms with Crippen LogP contribution >= 0.6 is 11.6 Å². The Morgan fingerprint density at radius 3 is 2.60 bits per heavy atom. The lowest BCUT2D eigenvalue weighted by molar-refractivity contribution is 0.0752. The second-order valence-electron chi connectivity index (χ2n) is 4.43. The number of carbonyl (C=O) groups is 1. The quantitative estimate of drug-likeness (QED) is 0.829. The maximum absolute atomic E-state index is 13.2. The van der Waals surface area contributed by atoms with Crippen molar-refractivity contribution in [3.63, 3.8) is 0 Å².